The Morgan fingerprint density at radius 2 is 2.12 bits per heavy atom. The molecule has 0 saturated heterocycles. The van der Waals surface area contributed by atoms with Crippen molar-refractivity contribution in [3.05, 3.63) is 44.6 Å². The summed E-state index contributed by atoms with van der Waals surface area (Å²) in [6.07, 6.45) is 1.56. The summed E-state index contributed by atoms with van der Waals surface area (Å²) in [5.41, 5.74) is -0.719. The first kappa shape index (κ1) is 11.4. The number of rotatable bonds is 5. The highest BCUT2D eigenvalue weighted by atomic mass is 16.5. The van der Waals surface area contributed by atoms with Crippen molar-refractivity contribution in [2.45, 2.75) is 13.5 Å². The quantitative estimate of drug-likeness (QED) is 0.721. The molecule has 0 amide bonds. The number of ether oxygens (including phenoxy) is 1. The fourth-order valence-corrected chi connectivity index (χ4v) is 1.70. The predicted octanol–water partition coefficient (Wildman–Crippen LogP) is 0.911. The van der Waals surface area contributed by atoms with Crippen molar-refractivity contribution in [2.75, 3.05) is 18.6 Å². The fraction of sp³-hybridized carbons (Fsp3) is 0.333. The van der Waals surface area contributed by atoms with E-state index in [2.05, 4.69) is 0 Å². The molecule has 17 heavy (non-hydrogen) atoms. The Morgan fingerprint density at radius 1 is 1.35 bits per heavy atom. The van der Waals surface area contributed by atoms with Gasteiger partial charge in [0.2, 0.25) is 0 Å². The summed E-state index contributed by atoms with van der Waals surface area (Å²) in [4.78, 5) is 24.4. The van der Waals surface area contributed by atoms with Gasteiger partial charge < -0.3 is 14.1 Å². The van der Waals surface area contributed by atoms with Crippen molar-refractivity contribution in [3.8, 4) is 5.75 Å². The molecule has 1 aromatic carbocycles. The van der Waals surface area contributed by atoms with Gasteiger partial charge in [-0.25, -0.2) is 0 Å². The number of nitrogens with zero attached hydrogens (tertiary/aromatic N) is 1. The molecule has 1 heterocycles. The lowest BCUT2D eigenvalue weighted by Gasteiger charge is -2.21. The fourth-order valence-electron chi connectivity index (χ4n) is 1.70. The Labute approximate surface area is 97.9 Å². The van der Waals surface area contributed by atoms with Crippen molar-refractivity contribution in [1.82, 2.24) is 0 Å². The molecule has 5 nitrogen and oxygen atoms in total. The lowest BCUT2D eigenvalue weighted by molar-refractivity contribution is 0.333. The number of hydrogen-bond donors (Lipinski definition) is 0. The van der Waals surface area contributed by atoms with E-state index in [1.807, 2.05) is 6.07 Å². The monoisotopic (exact) mass is 235 g/mol. The Kier molecular flexibility index (Phi) is 2.99. The van der Waals surface area contributed by atoms with Gasteiger partial charge in [0.25, 0.3) is 10.9 Å². The number of furan rings is 1. The van der Waals surface area contributed by atoms with Gasteiger partial charge in [-0.2, -0.15) is 0 Å². The van der Waals surface area contributed by atoms with Crippen molar-refractivity contribution in [3.63, 3.8) is 0 Å². The van der Waals surface area contributed by atoms with Gasteiger partial charge in [-0.1, -0.05) is 0 Å². The Bertz CT molecular complexity index is 564. The van der Waals surface area contributed by atoms with E-state index >= 15 is 0 Å². The molecular weight excluding hydrogens is 222 g/mol. The average Bonchev–Trinajstić information content (AvgIpc) is 2.80. The van der Waals surface area contributed by atoms with Crippen molar-refractivity contribution in [1.29, 1.82) is 0 Å². The van der Waals surface area contributed by atoms with Crippen LogP contribution in [0.2, 0.25) is 0 Å². The molecular formula is C12H13NO4. The van der Waals surface area contributed by atoms with E-state index in [1.54, 1.807) is 31.2 Å². The topological polar surface area (TPSA) is 59.8 Å². The van der Waals surface area contributed by atoms with Crippen molar-refractivity contribution >= 4 is 5.69 Å². The third kappa shape index (κ3) is 1.95. The van der Waals surface area contributed by atoms with E-state index in [0.717, 1.165) is 5.76 Å². The summed E-state index contributed by atoms with van der Waals surface area (Å²) in [6, 6.07) is 3.58. The second kappa shape index (κ2) is 4.45. The van der Waals surface area contributed by atoms with E-state index in [-0.39, 0.29) is 5.75 Å². The number of hydrogen-bond acceptors (Lipinski definition) is 5. The Morgan fingerprint density at radius 3 is 2.71 bits per heavy atom. The molecule has 0 unspecified atom stereocenters. The van der Waals surface area contributed by atoms with Crippen LogP contribution in [-0.2, 0) is 6.54 Å². The van der Waals surface area contributed by atoms with E-state index in [1.165, 1.54) is 0 Å². The molecule has 0 bridgehead atoms. The van der Waals surface area contributed by atoms with Crippen LogP contribution in [0.5, 0.6) is 5.75 Å². The zero-order valence-electron chi connectivity index (χ0n) is 9.73. The lowest BCUT2D eigenvalue weighted by atomic mass is 10.2. The minimum Gasteiger partial charge on any atom is -0.488 e. The lowest BCUT2D eigenvalue weighted by Crippen LogP contribution is -2.39. The standard InChI is InChI=1S/C12H13NO4/c1-3-16-12-9(10(14)11(12)15)13(2)7-8-5-4-6-17-8/h4-6H,3,7H2,1-2H3. The number of anilines is 1. The molecule has 0 spiro atoms. The van der Waals surface area contributed by atoms with Crippen molar-refractivity contribution in [2.24, 2.45) is 0 Å². The molecule has 0 aliphatic heterocycles. The molecule has 0 N–H and O–H groups in total. The second-order valence-corrected chi connectivity index (χ2v) is 3.70. The normalized spacial score (nSPS) is 10.7. The van der Waals surface area contributed by atoms with Crippen LogP contribution < -0.4 is 20.5 Å². The van der Waals surface area contributed by atoms with Gasteiger partial charge in [0.15, 0.2) is 5.75 Å². The van der Waals surface area contributed by atoms with Crippen LogP contribution in [-0.4, -0.2) is 13.7 Å². The minimum absolute atomic E-state index is 0.159. The molecule has 0 atom stereocenters. The van der Waals surface area contributed by atoms with E-state index in [4.69, 9.17) is 9.15 Å². The van der Waals surface area contributed by atoms with Gasteiger partial charge >= 0.3 is 0 Å². The highest BCUT2D eigenvalue weighted by molar-refractivity contribution is 5.63. The summed E-state index contributed by atoms with van der Waals surface area (Å²) >= 11 is 0. The van der Waals surface area contributed by atoms with E-state index in [9.17, 15) is 9.59 Å². The molecule has 0 saturated carbocycles. The van der Waals surface area contributed by atoms with Crippen LogP contribution in [0.4, 0.5) is 5.69 Å². The van der Waals surface area contributed by atoms with Gasteiger partial charge in [0.1, 0.15) is 11.4 Å². The van der Waals surface area contributed by atoms with Crippen LogP contribution in [0.25, 0.3) is 0 Å². The highest BCUT2D eigenvalue weighted by Gasteiger charge is 2.25. The summed E-state index contributed by atoms with van der Waals surface area (Å²) in [7, 11) is 1.72. The van der Waals surface area contributed by atoms with Crippen molar-refractivity contribution < 1.29 is 9.15 Å². The molecule has 90 valence electrons. The summed E-state index contributed by atoms with van der Waals surface area (Å²) in [5, 5.41) is 0. The first-order chi connectivity index (χ1) is 8.15. The highest BCUT2D eigenvalue weighted by Crippen LogP contribution is 2.22. The third-order valence-corrected chi connectivity index (χ3v) is 2.49. The zero-order valence-corrected chi connectivity index (χ0v) is 9.73. The molecule has 0 radical (unpaired) electrons. The van der Waals surface area contributed by atoms with Crippen LogP contribution in [0.3, 0.4) is 0 Å². The first-order valence-electron chi connectivity index (χ1n) is 5.34. The summed E-state index contributed by atoms with van der Waals surface area (Å²) < 4.78 is 10.3. The molecule has 2 aromatic rings. The average molecular weight is 235 g/mol. The predicted molar refractivity (Wildman–Crippen MR) is 63.3 cm³/mol. The maximum atomic E-state index is 11.5. The van der Waals surface area contributed by atoms with Gasteiger partial charge in [-0.3, -0.25) is 9.59 Å². The summed E-state index contributed by atoms with van der Waals surface area (Å²) in [6.45, 7) is 2.57. The maximum absolute atomic E-state index is 11.5. The van der Waals surface area contributed by atoms with Gasteiger partial charge in [-0.15, -0.1) is 0 Å². The summed E-state index contributed by atoms with van der Waals surface area (Å²) in [5.74, 6) is 0.884. The molecule has 2 rings (SSSR count). The molecule has 0 aliphatic carbocycles. The van der Waals surface area contributed by atoms with Crippen LogP contribution in [0.15, 0.2) is 32.4 Å². The minimum atomic E-state index is -0.548. The zero-order chi connectivity index (χ0) is 12.4. The van der Waals surface area contributed by atoms with E-state index < -0.39 is 10.9 Å². The second-order valence-electron chi connectivity index (χ2n) is 3.70. The first-order valence-corrected chi connectivity index (χ1v) is 5.34. The smallest absolute Gasteiger partial charge is 0.272 e. The van der Waals surface area contributed by atoms with Gasteiger partial charge in [0, 0.05) is 7.05 Å². The Hall–Kier alpha value is -2.04. The van der Waals surface area contributed by atoms with E-state index in [0.29, 0.717) is 18.8 Å². The molecule has 0 aliphatic rings. The van der Waals surface area contributed by atoms with Crippen LogP contribution >= 0.6 is 0 Å². The molecule has 1 aromatic heterocycles. The van der Waals surface area contributed by atoms with Crippen LogP contribution in [0, 0.1) is 0 Å². The van der Waals surface area contributed by atoms with Gasteiger partial charge in [0.05, 0.1) is 19.4 Å². The molecule has 0 fully saturated rings. The largest absolute Gasteiger partial charge is 0.488 e. The third-order valence-electron chi connectivity index (χ3n) is 2.49. The Balaban J connectivity index is 2.20. The van der Waals surface area contributed by atoms with Gasteiger partial charge in [-0.05, 0) is 19.1 Å². The SMILES string of the molecule is CCOc1c(N(C)Cc2ccco2)c(=O)c1=O. The molecule has 5 heteroatoms. The maximum Gasteiger partial charge on any atom is 0.272 e. The van der Waals surface area contributed by atoms with Crippen LogP contribution in [0.1, 0.15) is 12.7 Å².